The van der Waals surface area contributed by atoms with Crippen LogP contribution in [0.3, 0.4) is 0 Å². The molecule has 5 nitrogen and oxygen atoms in total. The molecule has 2 rings (SSSR count). The number of aryl methyl sites for hydroxylation is 2. The van der Waals surface area contributed by atoms with Crippen molar-refractivity contribution in [3.05, 3.63) is 15.9 Å². The number of aromatic nitrogens is 2. The van der Waals surface area contributed by atoms with Gasteiger partial charge in [0.15, 0.2) is 0 Å². The highest BCUT2D eigenvalue weighted by molar-refractivity contribution is 9.10. The minimum atomic E-state index is 0.275. The van der Waals surface area contributed by atoms with E-state index in [1.54, 1.807) is 0 Å². The smallest absolute Gasteiger partial charge is 0.0937 e. The van der Waals surface area contributed by atoms with Crippen LogP contribution in [0.15, 0.2) is 4.47 Å². The summed E-state index contributed by atoms with van der Waals surface area (Å²) in [5.41, 5.74) is 7.88. The first-order chi connectivity index (χ1) is 9.02. The van der Waals surface area contributed by atoms with E-state index in [9.17, 15) is 0 Å². The van der Waals surface area contributed by atoms with Crippen LogP contribution in [-0.2, 0) is 13.1 Å². The summed E-state index contributed by atoms with van der Waals surface area (Å²) in [7, 11) is 0. The maximum atomic E-state index is 7.51. The quantitative estimate of drug-likeness (QED) is 0.657. The molecule has 3 N–H and O–H groups in total. The van der Waals surface area contributed by atoms with E-state index < -0.39 is 0 Å². The maximum absolute atomic E-state index is 7.51. The fraction of sp³-hybridized carbons (Fsp3) is 0.692. The van der Waals surface area contributed by atoms with Crippen LogP contribution >= 0.6 is 15.9 Å². The van der Waals surface area contributed by atoms with Crippen molar-refractivity contribution in [2.45, 2.75) is 39.8 Å². The Balaban J connectivity index is 2.01. The molecular formula is C13H22BrN5. The minimum absolute atomic E-state index is 0.275. The second-order valence-electron chi connectivity index (χ2n) is 5.17. The molecule has 0 unspecified atom stereocenters. The molecule has 1 aromatic rings. The van der Waals surface area contributed by atoms with E-state index in [1.165, 1.54) is 5.69 Å². The Labute approximate surface area is 122 Å². The molecular weight excluding hydrogens is 306 g/mol. The van der Waals surface area contributed by atoms with Gasteiger partial charge in [-0.1, -0.05) is 0 Å². The highest BCUT2D eigenvalue weighted by atomic mass is 79.9. The third-order valence-corrected chi connectivity index (χ3v) is 4.89. The Hall–Kier alpha value is -0.880. The van der Waals surface area contributed by atoms with Gasteiger partial charge in [0.05, 0.1) is 21.7 Å². The van der Waals surface area contributed by atoms with Crippen molar-refractivity contribution in [2.75, 3.05) is 13.1 Å². The lowest BCUT2D eigenvalue weighted by Gasteiger charge is -2.31. The van der Waals surface area contributed by atoms with Gasteiger partial charge in [0.25, 0.3) is 0 Å². The molecule has 1 aliphatic rings. The summed E-state index contributed by atoms with van der Waals surface area (Å²) in [5.74, 6) is 0.618. The van der Waals surface area contributed by atoms with Gasteiger partial charge in [0, 0.05) is 19.0 Å². The topological polar surface area (TPSA) is 70.9 Å². The van der Waals surface area contributed by atoms with Crippen molar-refractivity contribution in [1.29, 1.82) is 5.41 Å². The molecule has 106 valence electrons. The Bertz CT molecular complexity index is 460. The van der Waals surface area contributed by atoms with Gasteiger partial charge in [-0.2, -0.15) is 5.10 Å². The number of nitrogens with one attached hydrogen (secondary N) is 1. The predicted octanol–water partition coefficient (Wildman–Crippen LogP) is 2.12. The Morgan fingerprint density at radius 2 is 2.11 bits per heavy atom. The molecule has 1 aliphatic heterocycles. The highest BCUT2D eigenvalue weighted by Gasteiger charge is 2.23. The number of halogens is 1. The zero-order valence-electron chi connectivity index (χ0n) is 11.6. The molecule has 0 bridgehead atoms. The van der Waals surface area contributed by atoms with Gasteiger partial charge in [0.2, 0.25) is 0 Å². The third-order valence-electron chi connectivity index (χ3n) is 3.85. The van der Waals surface area contributed by atoms with Crippen molar-refractivity contribution in [3.63, 3.8) is 0 Å². The monoisotopic (exact) mass is 327 g/mol. The van der Waals surface area contributed by atoms with Crippen molar-refractivity contribution < 1.29 is 0 Å². The number of piperidine rings is 1. The van der Waals surface area contributed by atoms with Crippen LogP contribution in [0.2, 0.25) is 0 Å². The van der Waals surface area contributed by atoms with Crippen LogP contribution < -0.4 is 5.73 Å². The Morgan fingerprint density at radius 3 is 2.63 bits per heavy atom. The summed E-state index contributed by atoms with van der Waals surface area (Å²) >= 11 is 3.64. The van der Waals surface area contributed by atoms with E-state index in [0.717, 1.165) is 49.2 Å². The summed E-state index contributed by atoms with van der Waals surface area (Å²) in [6.07, 6.45) is 1.98. The SMILES string of the molecule is CCn1nc(C)c(Br)c1CN1CCC(C(=N)N)CC1. The summed E-state index contributed by atoms with van der Waals surface area (Å²) in [5, 5.41) is 12.0. The molecule has 0 amide bonds. The van der Waals surface area contributed by atoms with Crippen LogP contribution in [0.1, 0.15) is 31.2 Å². The van der Waals surface area contributed by atoms with Crippen molar-refractivity contribution in [1.82, 2.24) is 14.7 Å². The summed E-state index contributed by atoms with van der Waals surface area (Å²) in [6.45, 7) is 7.97. The lowest BCUT2D eigenvalue weighted by Crippen LogP contribution is -2.38. The molecule has 0 radical (unpaired) electrons. The molecule has 19 heavy (non-hydrogen) atoms. The number of likely N-dealkylation sites (tertiary alicyclic amines) is 1. The molecule has 0 atom stereocenters. The lowest BCUT2D eigenvalue weighted by atomic mass is 9.96. The van der Waals surface area contributed by atoms with Crippen LogP contribution in [0.25, 0.3) is 0 Å². The standard InChI is InChI=1S/C13H22BrN5/c1-3-19-11(12(14)9(2)17-19)8-18-6-4-10(5-7-18)13(15)16/h10H,3-8H2,1-2H3,(H3,15,16). The van der Waals surface area contributed by atoms with Gasteiger partial charge >= 0.3 is 0 Å². The zero-order valence-corrected chi connectivity index (χ0v) is 13.2. The summed E-state index contributed by atoms with van der Waals surface area (Å²) in [4.78, 5) is 2.42. The number of amidine groups is 1. The molecule has 1 fully saturated rings. The van der Waals surface area contributed by atoms with E-state index in [2.05, 4.69) is 37.5 Å². The number of hydrogen-bond donors (Lipinski definition) is 2. The molecule has 0 saturated carbocycles. The molecule has 1 saturated heterocycles. The van der Waals surface area contributed by atoms with Crippen LogP contribution in [0, 0.1) is 18.3 Å². The average molecular weight is 328 g/mol. The zero-order chi connectivity index (χ0) is 14.0. The van der Waals surface area contributed by atoms with Crippen molar-refractivity contribution in [2.24, 2.45) is 11.7 Å². The van der Waals surface area contributed by atoms with Crippen molar-refractivity contribution in [3.8, 4) is 0 Å². The third kappa shape index (κ3) is 3.17. The first kappa shape index (κ1) is 14.5. The number of rotatable bonds is 4. The lowest BCUT2D eigenvalue weighted by molar-refractivity contribution is 0.195. The predicted molar refractivity (Wildman–Crippen MR) is 80.3 cm³/mol. The fourth-order valence-electron chi connectivity index (χ4n) is 2.63. The molecule has 1 aromatic heterocycles. The van der Waals surface area contributed by atoms with Gasteiger partial charge in [0.1, 0.15) is 0 Å². The highest BCUT2D eigenvalue weighted by Crippen LogP contribution is 2.25. The van der Waals surface area contributed by atoms with Gasteiger partial charge < -0.3 is 5.73 Å². The second kappa shape index (κ2) is 6.05. The van der Waals surface area contributed by atoms with Gasteiger partial charge in [-0.25, -0.2) is 0 Å². The van der Waals surface area contributed by atoms with E-state index in [1.807, 2.05) is 6.92 Å². The largest absolute Gasteiger partial charge is 0.387 e. The molecule has 0 aromatic carbocycles. The van der Waals surface area contributed by atoms with Crippen molar-refractivity contribution >= 4 is 21.8 Å². The van der Waals surface area contributed by atoms with Gasteiger partial charge in [-0.3, -0.25) is 15.0 Å². The first-order valence-corrected chi connectivity index (χ1v) is 7.60. The summed E-state index contributed by atoms with van der Waals surface area (Å²) in [6, 6.07) is 0. The molecule has 0 aliphatic carbocycles. The van der Waals surface area contributed by atoms with E-state index >= 15 is 0 Å². The molecule has 6 heteroatoms. The van der Waals surface area contributed by atoms with Crippen LogP contribution in [0.5, 0.6) is 0 Å². The van der Waals surface area contributed by atoms with E-state index in [4.69, 9.17) is 11.1 Å². The molecule has 0 spiro atoms. The summed E-state index contributed by atoms with van der Waals surface area (Å²) < 4.78 is 3.19. The second-order valence-corrected chi connectivity index (χ2v) is 5.96. The Kier molecular flexibility index (Phi) is 4.62. The van der Waals surface area contributed by atoms with Crippen LogP contribution in [-0.4, -0.2) is 33.6 Å². The molecule has 2 heterocycles. The first-order valence-electron chi connectivity index (χ1n) is 6.81. The van der Waals surface area contributed by atoms with Gasteiger partial charge in [-0.15, -0.1) is 0 Å². The fourth-order valence-corrected chi connectivity index (χ4v) is 3.04. The normalized spacial score (nSPS) is 17.8. The Morgan fingerprint density at radius 1 is 1.47 bits per heavy atom. The minimum Gasteiger partial charge on any atom is -0.387 e. The number of hydrogen-bond acceptors (Lipinski definition) is 3. The van der Waals surface area contributed by atoms with E-state index in [-0.39, 0.29) is 5.92 Å². The number of nitrogens with zero attached hydrogens (tertiary/aromatic N) is 3. The maximum Gasteiger partial charge on any atom is 0.0937 e. The average Bonchev–Trinajstić information content (AvgIpc) is 2.67. The van der Waals surface area contributed by atoms with Gasteiger partial charge in [-0.05, 0) is 55.7 Å². The number of nitrogens with two attached hydrogens (primary N) is 1. The van der Waals surface area contributed by atoms with E-state index in [0.29, 0.717) is 5.84 Å². The van der Waals surface area contributed by atoms with Crippen LogP contribution in [0.4, 0.5) is 0 Å².